The maximum Gasteiger partial charge on any atom is 0.407 e. The first-order valence-electron chi connectivity index (χ1n) is 7.10. The number of nitrogens with one attached hydrogen (secondary N) is 1. The van der Waals surface area contributed by atoms with Crippen LogP contribution in [0.4, 0.5) is 4.79 Å². The zero-order chi connectivity index (χ0) is 14.5. The van der Waals surface area contributed by atoms with Gasteiger partial charge in [0.1, 0.15) is 5.60 Å². The summed E-state index contributed by atoms with van der Waals surface area (Å²) in [5, 5.41) is 2.80. The molecule has 108 valence electrons. The Labute approximate surface area is 117 Å². The number of hydrogen-bond acceptors (Lipinski definition) is 2. The van der Waals surface area contributed by atoms with Gasteiger partial charge in [0.25, 0.3) is 0 Å². The lowest BCUT2D eigenvalue weighted by Crippen LogP contribution is -2.33. The van der Waals surface area contributed by atoms with Crippen molar-refractivity contribution < 1.29 is 9.53 Å². The average Bonchev–Trinajstić information content (AvgIpc) is 2.26. The van der Waals surface area contributed by atoms with Crippen LogP contribution in [0.15, 0.2) is 22.8 Å². The minimum Gasteiger partial charge on any atom is -0.444 e. The first kappa shape index (κ1) is 15.8. The largest absolute Gasteiger partial charge is 0.444 e. The molecule has 3 nitrogen and oxygen atoms in total. The molecule has 0 unspecified atom stereocenters. The van der Waals surface area contributed by atoms with Crippen molar-refractivity contribution in [2.75, 3.05) is 6.54 Å². The number of ether oxygens (including phenoxy) is 1. The zero-order valence-electron chi connectivity index (χ0n) is 12.9. The van der Waals surface area contributed by atoms with Crippen LogP contribution >= 0.6 is 0 Å². The second-order valence-electron chi connectivity index (χ2n) is 6.33. The van der Waals surface area contributed by atoms with E-state index in [1.165, 1.54) is 29.6 Å². The predicted octanol–water partition coefficient (Wildman–Crippen LogP) is 4.35. The van der Waals surface area contributed by atoms with Gasteiger partial charge in [-0.2, -0.15) is 0 Å². The van der Waals surface area contributed by atoms with E-state index in [0.29, 0.717) is 6.54 Å². The van der Waals surface area contributed by atoms with Gasteiger partial charge in [-0.05, 0) is 65.9 Å². The molecule has 0 aliphatic heterocycles. The number of alkyl carbamates (subject to hydrolysis) is 1. The summed E-state index contributed by atoms with van der Waals surface area (Å²) in [6.07, 6.45) is 6.32. The van der Waals surface area contributed by atoms with Gasteiger partial charge in [0.15, 0.2) is 0 Å². The first-order valence-corrected chi connectivity index (χ1v) is 7.10. The number of carbonyl (C=O) groups is 1. The Morgan fingerprint density at radius 3 is 2.63 bits per heavy atom. The van der Waals surface area contributed by atoms with Crippen LogP contribution in [-0.2, 0) is 4.74 Å². The van der Waals surface area contributed by atoms with Crippen molar-refractivity contribution in [1.29, 1.82) is 0 Å². The first-order chi connectivity index (χ1) is 8.78. The van der Waals surface area contributed by atoms with Gasteiger partial charge in [0.05, 0.1) is 0 Å². The number of hydrogen-bond donors (Lipinski definition) is 1. The SMILES string of the molecule is CC1=CC(CCCNC(=O)OC(C)(C)C)=C(C)CC1. The lowest BCUT2D eigenvalue weighted by molar-refractivity contribution is 0.0527. The molecule has 0 aromatic heterocycles. The van der Waals surface area contributed by atoms with E-state index in [0.717, 1.165) is 12.8 Å². The minimum absolute atomic E-state index is 0.325. The summed E-state index contributed by atoms with van der Waals surface area (Å²) in [4.78, 5) is 11.5. The van der Waals surface area contributed by atoms with E-state index in [1.54, 1.807) is 0 Å². The highest BCUT2D eigenvalue weighted by molar-refractivity contribution is 5.67. The van der Waals surface area contributed by atoms with Gasteiger partial charge in [-0.1, -0.05) is 17.2 Å². The Bertz CT molecular complexity index is 386. The number of carbonyl (C=O) groups excluding carboxylic acids is 1. The Kier molecular flexibility index (Phi) is 5.64. The second-order valence-corrected chi connectivity index (χ2v) is 6.33. The van der Waals surface area contributed by atoms with E-state index in [9.17, 15) is 4.79 Å². The lowest BCUT2D eigenvalue weighted by atomic mass is 9.91. The maximum absolute atomic E-state index is 11.5. The third-order valence-corrected chi connectivity index (χ3v) is 3.15. The van der Waals surface area contributed by atoms with Crippen LogP contribution in [0.1, 0.15) is 60.3 Å². The molecule has 0 aromatic rings. The molecule has 0 heterocycles. The highest BCUT2D eigenvalue weighted by atomic mass is 16.6. The van der Waals surface area contributed by atoms with E-state index in [-0.39, 0.29) is 6.09 Å². The fraction of sp³-hybridized carbons (Fsp3) is 0.688. The van der Waals surface area contributed by atoms with Crippen LogP contribution in [0.3, 0.4) is 0 Å². The third-order valence-electron chi connectivity index (χ3n) is 3.15. The van der Waals surface area contributed by atoms with Crippen molar-refractivity contribution >= 4 is 6.09 Å². The number of rotatable bonds is 4. The molecule has 1 amide bonds. The summed E-state index contributed by atoms with van der Waals surface area (Å²) in [7, 11) is 0. The molecule has 0 spiro atoms. The lowest BCUT2D eigenvalue weighted by Gasteiger charge is -2.20. The third kappa shape index (κ3) is 6.46. The molecular formula is C16H27NO2. The summed E-state index contributed by atoms with van der Waals surface area (Å²) in [6, 6.07) is 0. The molecule has 0 fully saturated rings. The summed E-state index contributed by atoms with van der Waals surface area (Å²) >= 11 is 0. The van der Waals surface area contributed by atoms with Gasteiger partial charge in [-0.25, -0.2) is 4.79 Å². The quantitative estimate of drug-likeness (QED) is 0.767. The Hall–Kier alpha value is -1.25. The van der Waals surface area contributed by atoms with Gasteiger partial charge >= 0.3 is 6.09 Å². The van der Waals surface area contributed by atoms with Crippen LogP contribution in [-0.4, -0.2) is 18.2 Å². The van der Waals surface area contributed by atoms with E-state index in [2.05, 4.69) is 25.2 Å². The summed E-state index contributed by atoms with van der Waals surface area (Å²) in [6.45, 7) is 10.7. The van der Waals surface area contributed by atoms with Crippen molar-refractivity contribution in [3.8, 4) is 0 Å². The molecule has 0 bridgehead atoms. The topological polar surface area (TPSA) is 38.3 Å². The average molecular weight is 265 g/mol. The smallest absolute Gasteiger partial charge is 0.407 e. The molecule has 0 saturated heterocycles. The van der Waals surface area contributed by atoms with Crippen molar-refractivity contribution in [2.45, 2.75) is 65.9 Å². The molecule has 1 aliphatic rings. The van der Waals surface area contributed by atoms with Gasteiger partial charge in [-0.15, -0.1) is 0 Å². The van der Waals surface area contributed by atoms with Gasteiger partial charge in [-0.3, -0.25) is 0 Å². The molecular weight excluding hydrogens is 238 g/mol. The van der Waals surface area contributed by atoms with Crippen molar-refractivity contribution in [3.05, 3.63) is 22.8 Å². The zero-order valence-corrected chi connectivity index (χ0v) is 12.9. The van der Waals surface area contributed by atoms with Crippen LogP contribution in [0.2, 0.25) is 0 Å². The molecule has 1 rings (SSSR count). The van der Waals surface area contributed by atoms with Crippen LogP contribution < -0.4 is 5.32 Å². The molecule has 1 aliphatic carbocycles. The van der Waals surface area contributed by atoms with Gasteiger partial charge in [0, 0.05) is 6.54 Å². The highest BCUT2D eigenvalue weighted by Gasteiger charge is 2.15. The molecule has 1 N–H and O–H groups in total. The molecule has 0 saturated carbocycles. The molecule has 3 heteroatoms. The van der Waals surface area contributed by atoms with Crippen LogP contribution in [0.25, 0.3) is 0 Å². The standard InChI is InChI=1S/C16H27NO2/c1-12-8-9-13(2)14(11-12)7-6-10-17-15(18)19-16(3,4)5/h11H,6-10H2,1-5H3,(H,17,18). The Morgan fingerprint density at radius 1 is 1.32 bits per heavy atom. The minimum atomic E-state index is -0.424. The van der Waals surface area contributed by atoms with Crippen LogP contribution in [0.5, 0.6) is 0 Å². The van der Waals surface area contributed by atoms with Crippen molar-refractivity contribution in [1.82, 2.24) is 5.32 Å². The van der Waals surface area contributed by atoms with Crippen molar-refractivity contribution in [3.63, 3.8) is 0 Å². The second kappa shape index (κ2) is 6.78. The monoisotopic (exact) mass is 265 g/mol. The fourth-order valence-corrected chi connectivity index (χ4v) is 2.11. The number of allylic oxidation sites excluding steroid dienone is 4. The van der Waals surface area contributed by atoms with Gasteiger partial charge < -0.3 is 10.1 Å². The van der Waals surface area contributed by atoms with Crippen LogP contribution in [0, 0.1) is 0 Å². The molecule has 0 radical (unpaired) electrons. The number of amides is 1. The van der Waals surface area contributed by atoms with E-state index < -0.39 is 5.60 Å². The van der Waals surface area contributed by atoms with E-state index >= 15 is 0 Å². The van der Waals surface area contributed by atoms with E-state index in [1.807, 2.05) is 20.8 Å². The Morgan fingerprint density at radius 2 is 2.00 bits per heavy atom. The summed E-state index contributed by atoms with van der Waals surface area (Å²) in [5.41, 5.74) is 3.96. The molecule has 0 atom stereocenters. The van der Waals surface area contributed by atoms with Crippen molar-refractivity contribution in [2.24, 2.45) is 0 Å². The normalized spacial score (nSPS) is 16.2. The highest BCUT2D eigenvalue weighted by Crippen LogP contribution is 2.25. The fourth-order valence-electron chi connectivity index (χ4n) is 2.11. The Balaban J connectivity index is 2.26. The van der Waals surface area contributed by atoms with E-state index in [4.69, 9.17) is 4.74 Å². The summed E-state index contributed by atoms with van der Waals surface area (Å²) in [5.74, 6) is 0. The molecule has 19 heavy (non-hydrogen) atoms. The maximum atomic E-state index is 11.5. The molecule has 0 aromatic carbocycles. The van der Waals surface area contributed by atoms with Gasteiger partial charge in [0.2, 0.25) is 0 Å². The summed E-state index contributed by atoms with van der Waals surface area (Å²) < 4.78 is 5.19. The predicted molar refractivity (Wildman–Crippen MR) is 79.2 cm³/mol.